The summed E-state index contributed by atoms with van der Waals surface area (Å²) in [6, 6.07) is 11.2. The van der Waals surface area contributed by atoms with Gasteiger partial charge in [-0.1, -0.05) is 6.07 Å². The van der Waals surface area contributed by atoms with Gasteiger partial charge < -0.3 is 5.32 Å². The number of carbonyl (C=O) groups excluding carboxylic acids is 1. The molecule has 1 amide bonds. The van der Waals surface area contributed by atoms with Crippen LogP contribution >= 0.6 is 0 Å². The minimum atomic E-state index is -0.149. The van der Waals surface area contributed by atoms with Crippen molar-refractivity contribution >= 4 is 5.91 Å². The summed E-state index contributed by atoms with van der Waals surface area (Å²) >= 11 is 0. The Morgan fingerprint density at radius 3 is 2.41 bits per heavy atom. The minimum absolute atomic E-state index is 0.149. The Balaban J connectivity index is 1.63. The van der Waals surface area contributed by atoms with E-state index in [2.05, 4.69) is 20.3 Å². The lowest BCUT2D eigenvalue weighted by Crippen LogP contribution is -2.22. The third kappa shape index (κ3) is 3.32. The van der Waals surface area contributed by atoms with Gasteiger partial charge >= 0.3 is 0 Å². The Kier molecular flexibility index (Phi) is 4.15. The number of hydrogen-bond donors (Lipinski definition) is 1. The van der Waals surface area contributed by atoms with Crippen molar-refractivity contribution in [3.63, 3.8) is 0 Å². The molecule has 0 aromatic carbocycles. The van der Waals surface area contributed by atoms with E-state index in [-0.39, 0.29) is 5.91 Å². The second-order valence-corrected chi connectivity index (χ2v) is 4.72. The van der Waals surface area contributed by atoms with Gasteiger partial charge in [-0.05, 0) is 35.9 Å². The van der Waals surface area contributed by atoms with Crippen LogP contribution in [0.1, 0.15) is 15.9 Å². The zero-order chi connectivity index (χ0) is 15.2. The number of nitrogens with one attached hydrogen (secondary N) is 1. The predicted octanol–water partition coefficient (Wildman–Crippen LogP) is 2.47. The first-order valence-corrected chi connectivity index (χ1v) is 6.86. The molecule has 0 saturated carbocycles. The molecule has 5 heteroatoms. The van der Waals surface area contributed by atoms with Crippen LogP contribution < -0.4 is 5.32 Å². The van der Waals surface area contributed by atoms with Crippen molar-refractivity contribution in [1.29, 1.82) is 0 Å². The van der Waals surface area contributed by atoms with Gasteiger partial charge in [-0.15, -0.1) is 0 Å². The van der Waals surface area contributed by atoms with E-state index in [1.807, 2.05) is 24.3 Å². The van der Waals surface area contributed by atoms with E-state index in [1.165, 1.54) is 0 Å². The lowest BCUT2D eigenvalue weighted by atomic mass is 10.1. The van der Waals surface area contributed by atoms with E-state index >= 15 is 0 Å². The molecule has 0 spiro atoms. The lowest BCUT2D eigenvalue weighted by Gasteiger charge is -2.06. The second-order valence-electron chi connectivity index (χ2n) is 4.72. The quantitative estimate of drug-likeness (QED) is 0.801. The molecule has 3 aromatic rings. The van der Waals surface area contributed by atoms with Crippen molar-refractivity contribution in [2.24, 2.45) is 0 Å². The summed E-state index contributed by atoms with van der Waals surface area (Å²) in [5.74, 6) is -0.149. The van der Waals surface area contributed by atoms with Gasteiger partial charge in [0.05, 0.1) is 11.3 Å². The molecule has 0 saturated heterocycles. The average Bonchev–Trinajstić information content (AvgIpc) is 2.61. The molecule has 0 aliphatic carbocycles. The minimum Gasteiger partial charge on any atom is -0.348 e. The Morgan fingerprint density at radius 1 is 0.955 bits per heavy atom. The molecule has 0 aliphatic rings. The number of hydrogen-bond acceptors (Lipinski definition) is 4. The molecule has 0 bridgehead atoms. The number of carbonyl (C=O) groups is 1. The largest absolute Gasteiger partial charge is 0.348 e. The Hall–Kier alpha value is -3.08. The molecule has 0 unspecified atom stereocenters. The molecule has 108 valence electrons. The average molecular weight is 290 g/mol. The van der Waals surface area contributed by atoms with E-state index in [0.29, 0.717) is 12.1 Å². The van der Waals surface area contributed by atoms with E-state index in [9.17, 15) is 4.79 Å². The molecule has 3 heterocycles. The smallest absolute Gasteiger partial charge is 0.253 e. The van der Waals surface area contributed by atoms with Crippen LogP contribution in [0, 0.1) is 0 Å². The standard InChI is InChI=1S/C17H14N4O/c22-17(15-4-2-8-19-12-15)21-10-13-5-6-16(20-9-13)14-3-1-7-18-11-14/h1-9,11-12H,10H2,(H,21,22). The lowest BCUT2D eigenvalue weighted by molar-refractivity contribution is 0.0950. The highest BCUT2D eigenvalue weighted by Gasteiger charge is 2.05. The van der Waals surface area contributed by atoms with Gasteiger partial charge in [0.2, 0.25) is 0 Å². The van der Waals surface area contributed by atoms with Gasteiger partial charge in [0, 0.05) is 43.1 Å². The first-order valence-electron chi connectivity index (χ1n) is 6.86. The van der Waals surface area contributed by atoms with E-state index < -0.39 is 0 Å². The van der Waals surface area contributed by atoms with Crippen molar-refractivity contribution in [2.75, 3.05) is 0 Å². The summed E-state index contributed by atoms with van der Waals surface area (Å²) in [6.45, 7) is 0.425. The number of nitrogens with zero attached hydrogens (tertiary/aromatic N) is 3. The molecule has 22 heavy (non-hydrogen) atoms. The molecule has 5 nitrogen and oxygen atoms in total. The topological polar surface area (TPSA) is 67.8 Å². The molecular formula is C17H14N4O. The highest BCUT2D eigenvalue weighted by molar-refractivity contribution is 5.93. The SMILES string of the molecule is O=C(NCc1ccc(-c2cccnc2)nc1)c1cccnc1. The highest BCUT2D eigenvalue weighted by Crippen LogP contribution is 2.15. The fourth-order valence-corrected chi connectivity index (χ4v) is 2.00. The van der Waals surface area contributed by atoms with Gasteiger partial charge in [0.25, 0.3) is 5.91 Å². The zero-order valence-electron chi connectivity index (χ0n) is 11.8. The summed E-state index contributed by atoms with van der Waals surface area (Å²) in [7, 11) is 0. The van der Waals surface area contributed by atoms with Crippen LogP contribution in [0.2, 0.25) is 0 Å². The monoisotopic (exact) mass is 290 g/mol. The third-order valence-corrected chi connectivity index (χ3v) is 3.16. The van der Waals surface area contributed by atoms with Crippen LogP contribution in [-0.4, -0.2) is 20.9 Å². The Morgan fingerprint density at radius 2 is 1.77 bits per heavy atom. The summed E-state index contributed by atoms with van der Waals surface area (Å²) in [5, 5.41) is 2.84. The third-order valence-electron chi connectivity index (χ3n) is 3.16. The molecule has 1 N–H and O–H groups in total. The maximum absolute atomic E-state index is 11.9. The van der Waals surface area contributed by atoms with Crippen LogP contribution in [-0.2, 0) is 6.54 Å². The summed E-state index contributed by atoms with van der Waals surface area (Å²) in [5.41, 5.74) is 3.30. The van der Waals surface area contributed by atoms with Crippen LogP contribution in [0.5, 0.6) is 0 Å². The van der Waals surface area contributed by atoms with Gasteiger partial charge in [-0.2, -0.15) is 0 Å². The van der Waals surface area contributed by atoms with Crippen molar-refractivity contribution in [3.8, 4) is 11.3 Å². The van der Waals surface area contributed by atoms with Crippen molar-refractivity contribution in [2.45, 2.75) is 6.54 Å². The first-order chi connectivity index (χ1) is 10.8. The maximum Gasteiger partial charge on any atom is 0.253 e. The van der Waals surface area contributed by atoms with Crippen LogP contribution in [0.15, 0.2) is 67.4 Å². The van der Waals surface area contributed by atoms with Crippen molar-refractivity contribution in [1.82, 2.24) is 20.3 Å². The van der Waals surface area contributed by atoms with Crippen molar-refractivity contribution < 1.29 is 4.79 Å². The van der Waals surface area contributed by atoms with Gasteiger partial charge in [-0.3, -0.25) is 19.7 Å². The van der Waals surface area contributed by atoms with E-state index in [4.69, 9.17) is 0 Å². The number of amides is 1. The molecular weight excluding hydrogens is 276 g/mol. The normalized spacial score (nSPS) is 10.2. The molecule has 3 rings (SSSR count). The van der Waals surface area contributed by atoms with Gasteiger partial charge in [0.1, 0.15) is 0 Å². The fourth-order valence-electron chi connectivity index (χ4n) is 2.00. The molecule has 0 atom stereocenters. The predicted molar refractivity (Wildman–Crippen MR) is 82.9 cm³/mol. The Bertz CT molecular complexity index is 743. The Labute approximate surface area is 128 Å². The summed E-state index contributed by atoms with van der Waals surface area (Å²) in [6.07, 6.45) is 8.43. The van der Waals surface area contributed by atoms with Gasteiger partial charge in [0.15, 0.2) is 0 Å². The van der Waals surface area contributed by atoms with Crippen LogP contribution in [0.25, 0.3) is 11.3 Å². The second kappa shape index (κ2) is 6.58. The zero-order valence-corrected chi connectivity index (χ0v) is 11.8. The molecule has 0 fully saturated rings. The molecule has 0 radical (unpaired) electrons. The number of rotatable bonds is 4. The number of pyridine rings is 3. The van der Waals surface area contributed by atoms with Crippen LogP contribution in [0.3, 0.4) is 0 Å². The molecule has 0 aliphatic heterocycles. The molecule has 3 aromatic heterocycles. The van der Waals surface area contributed by atoms with Gasteiger partial charge in [-0.25, -0.2) is 0 Å². The number of aromatic nitrogens is 3. The fraction of sp³-hybridized carbons (Fsp3) is 0.0588. The summed E-state index contributed by atoms with van der Waals surface area (Å²) in [4.78, 5) is 24.3. The summed E-state index contributed by atoms with van der Waals surface area (Å²) < 4.78 is 0. The van der Waals surface area contributed by atoms with Crippen LogP contribution in [0.4, 0.5) is 0 Å². The first kappa shape index (κ1) is 13.9. The maximum atomic E-state index is 11.9. The highest BCUT2D eigenvalue weighted by atomic mass is 16.1. The van der Waals surface area contributed by atoms with E-state index in [1.54, 1.807) is 43.1 Å². The van der Waals surface area contributed by atoms with Crippen molar-refractivity contribution in [3.05, 3.63) is 78.5 Å². The van der Waals surface area contributed by atoms with E-state index in [0.717, 1.165) is 16.8 Å².